The van der Waals surface area contributed by atoms with Crippen molar-refractivity contribution in [2.45, 2.75) is 13.5 Å². The van der Waals surface area contributed by atoms with Crippen LogP contribution in [0.5, 0.6) is 0 Å². The molecule has 1 aromatic heterocycles. The Kier molecular flexibility index (Phi) is 5.30. The summed E-state index contributed by atoms with van der Waals surface area (Å²) in [6.45, 7) is 7.93. The van der Waals surface area contributed by atoms with Gasteiger partial charge in [-0.1, -0.05) is 13.0 Å². The molecule has 1 N–H and O–H groups in total. The minimum Gasteiger partial charge on any atom is -0.339 e. The van der Waals surface area contributed by atoms with Crippen molar-refractivity contribution in [1.29, 1.82) is 0 Å². The van der Waals surface area contributed by atoms with E-state index in [1.54, 1.807) is 6.20 Å². The summed E-state index contributed by atoms with van der Waals surface area (Å²) in [5.74, 6) is 0.187. The number of amides is 1. The third-order valence-corrected chi connectivity index (χ3v) is 3.48. The first kappa shape index (κ1) is 14.0. The number of carbonyl (C=O) groups is 1. The molecule has 104 valence electrons. The average molecular weight is 262 g/mol. The van der Waals surface area contributed by atoms with Crippen LogP contribution in [-0.4, -0.2) is 60.0 Å². The molecule has 1 fully saturated rings. The molecule has 1 aromatic rings. The fraction of sp³-hybridized carbons (Fsp3) is 0.571. The fourth-order valence-electron chi connectivity index (χ4n) is 2.23. The number of nitrogens with one attached hydrogen (secondary N) is 1. The fourth-order valence-corrected chi connectivity index (χ4v) is 2.23. The Hall–Kier alpha value is -1.46. The summed E-state index contributed by atoms with van der Waals surface area (Å²) < 4.78 is 0. The summed E-state index contributed by atoms with van der Waals surface area (Å²) in [5, 5.41) is 3.16. The van der Waals surface area contributed by atoms with Gasteiger partial charge in [0.1, 0.15) is 0 Å². The van der Waals surface area contributed by atoms with Gasteiger partial charge in [0.2, 0.25) is 5.91 Å². The van der Waals surface area contributed by atoms with Crippen molar-refractivity contribution in [1.82, 2.24) is 20.1 Å². The second-order valence-electron chi connectivity index (χ2n) is 4.74. The van der Waals surface area contributed by atoms with Gasteiger partial charge in [0, 0.05) is 38.9 Å². The van der Waals surface area contributed by atoms with Crippen molar-refractivity contribution >= 4 is 5.91 Å². The third kappa shape index (κ3) is 4.29. The zero-order valence-electron chi connectivity index (χ0n) is 11.5. The second kappa shape index (κ2) is 7.21. The summed E-state index contributed by atoms with van der Waals surface area (Å²) in [7, 11) is 0. The minimum absolute atomic E-state index is 0.187. The van der Waals surface area contributed by atoms with Crippen molar-refractivity contribution in [3.8, 4) is 0 Å². The molecule has 19 heavy (non-hydrogen) atoms. The van der Waals surface area contributed by atoms with E-state index in [-0.39, 0.29) is 5.91 Å². The largest absolute Gasteiger partial charge is 0.339 e. The predicted molar refractivity (Wildman–Crippen MR) is 74.6 cm³/mol. The first-order valence-electron chi connectivity index (χ1n) is 6.90. The zero-order valence-corrected chi connectivity index (χ0v) is 11.5. The summed E-state index contributed by atoms with van der Waals surface area (Å²) >= 11 is 0. The summed E-state index contributed by atoms with van der Waals surface area (Å²) in [5.41, 5.74) is 0.964. The summed E-state index contributed by atoms with van der Waals surface area (Å²) in [4.78, 5) is 20.5. The van der Waals surface area contributed by atoms with Crippen LogP contribution in [0.3, 0.4) is 0 Å². The molecule has 5 heteroatoms. The number of hydrogen-bond acceptors (Lipinski definition) is 4. The lowest BCUT2D eigenvalue weighted by Crippen LogP contribution is -2.50. The highest BCUT2D eigenvalue weighted by Crippen LogP contribution is 2.01. The van der Waals surface area contributed by atoms with Crippen LogP contribution in [0, 0.1) is 0 Å². The van der Waals surface area contributed by atoms with Crippen molar-refractivity contribution in [3.63, 3.8) is 0 Å². The van der Waals surface area contributed by atoms with Gasteiger partial charge in [-0.15, -0.1) is 0 Å². The Morgan fingerprint density at radius 3 is 2.74 bits per heavy atom. The topological polar surface area (TPSA) is 48.5 Å². The maximum atomic E-state index is 12.0. The standard InChI is InChI=1S/C14H22N4O/c1-2-17-7-9-18(10-8-17)14(19)12-15-11-13-5-3-4-6-16-13/h3-6,15H,2,7-12H2,1H3. The lowest BCUT2D eigenvalue weighted by Gasteiger charge is -2.34. The molecule has 0 atom stereocenters. The van der Waals surface area contributed by atoms with Crippen molar-refractivity contribution in [3.05, 3.63) is 30.1 Å². The van der Waals surface area contributed by atoms with Gasteiger partial charge in [0.25, 0.3) is 0 Å². The van der Waals surface area contributed by atoms with Gasteiger partial charge in [-0.2, -0.15) is 0 Å². The van der Waals surface area contributed by atoms with Crippen LogP contribution in [0.2, 0.25) is 0 Å². The number of likely N-dealkylation sites (N-methyl/N-ethyl adjacent to an activating group) is 1. The zero-order chi connectivity index (χ0) is 13.5. The van der Waals surface area contributed by atoms with E-state index in [1.165, 1.54) is 0 Å². The van der Waals surface area contributed by atoms with Gasteiger partial charge >= 0.3 is 0 Å². The maximum absolute atomic E-state index is 12.0. The van der Waals surface area contributed by atoms with Crippen molar-refractivity contribution in [2.75, 3.05) is 39.3 Å². The van der Waals surface area contributed by atoms with E-state index in [9.17, 15) is 4.79 Å². The molecule has 1 aliphatic rings. The van der Waals surface area contributed by atoms with Crippen LogP contribution in [0.1, 0.15) is 12.6 Å². The number of carbonyl (C=O) groups excluding carboxylic acids is 1. The molecule has 0 bridgehead atoms. The molecular weight excluding hydrogens is 240 g/mol. The predicted octanol–water partition coefficient (Wildman–Crippen LogP) is 0.335. The summed E-state index contributed by atoms with van der Waals surface area (Å²) in [6.07, 6.45) is 1.77. The third-order valence-electron chi connectivity index (χ3n) is 3.48. The number of aromatic nitrogens is 1. The van der Waals surface area contributed by atoms with Crippen LogP contribution in [0.25, 0.3) is 0 Å². The van der Waals surface area contributed by atoms with E-state index in [2.05, 4.69) is 22.1 Å². The lowest BCUT2D eigenvalue weighted by atomic mass is 10.3. The number of nitrogens with zero attached hydrogens (tertiary/aromatic N) is 3. The van der Waals surface area contributed by atoms with Crippen LogP contribution in [0.15, 0.2) is 24.4 Å². The van der Waals surface area contributed by atoms with Gasteiger partial charge in [-0.3, -0.25) is 9.78 Å². The number of pyridine rings is 1. The van der Waals surface area contributed by atoms with E-state index in [0.29, 0.717) is 13.1 Å². The molecular formula is C14H22N4O. The first-order chi connectivity index (χ1) is 9.29. The SMILES string of the molecule is CCN1CCN(C(=O)CNCc2ccccn2)CC1. The van der Waals surface area contributed by atoms with E-state index in [1.807, 2.05) is 23.1 Å². The van der Waals surface area contributed by atoms with Crippen molar-refractivity contribution in [2.24, 2.45) is 0 Å². The molecule has 1 aliphatic heterocycles. The van der Waals surface area contributed by atoms with E-state index >= 15 is 0 Å². The van der Waals surface area contributed by atoms with Crippen LogP contribution in [0.4, 0.5) is 0 Å². The molecule has 0 spiro atoms. The summed E-state index contributed by atoms with van der Waals surface area (Å²) in [6, 6.07) is 5.80. The monoisotopic (exact) mass is 262 g/mol. The lowest BCUT2D eigenvalue weighted by molar-refractivity contribution is -0.131. The Balaban J connectivity index is 1.67. The van der Waals surface area contributed by atoms with E-state index < -0.39 is 0 Å². The maximum Gasteiger partial charge on any atom is 0.236 e. The van der Waals surface area contributed by atoms with Crippen molar-refractivity contribution < 1.29 is 4.79 Å². The van der Waals surface area contributed by atoms with Crippen LogP contribution < -0.4 is 5.32 Å². The minimum atomic E-state index is 0.187. The van der Waals surface area contributed by atoms with Gasteiger partial charge in [0.05, 0.1) is 12.2 Å². The molecule has 2 heterocycles. The molecule has 0 aliphatic carbocycles. The smallest absolute Gasteiger partial charge is 0.236 e. The van der Waals surface area contributed by atoms with E-state index in [0.717, 1.165) is 38.4 Å². The molecule has 1 saturated heterocycles. The number of hydrogen-bond donors (Lipinski definition) is 1. The molecule has 0 aromatic carbocycles. The van der Waals surface area contributed by atoms with Crippen LogP contribution >= 0.6 is 0 Å². The highest BCUT2D eigenvalue weighted by atomic mass is 16.2. The highest BCUT2D eigenvalue weighted by Gasteiger charge is 2.19. The molecule has 2 rings (SSSR count). The number of piperazine rings is 1. The second-order valence-corrected chi connectivity index (χ2v) is 4.74. The average Bonchev–Trinajstić information content (AvgIpc) is 2.48. The highest BCUT2D eigenvalue weighted by molar-refractivity contribution is 5.78. The van der Waals surface area contributed by atoms with Gasteiger partial charge < -0.3 is 15.1 Å². The Bertz CT molecular complexity index is 388. The van der Waals surface area contributed by atoms with Gasteiger partial charge in [-0.25, -0.2) is 0 Å². The van der Waals surface area contributed by atoms with E-state index in [4.69, 9.17) is 0 Å². The molecule has 5 nitrogen and oxygen atoms in total. The normalized spacial score (nSPS) is 16.6. The first-order valence-corrected chi connectivity index (χ1v) is 6.90. The van der Waals surface area contributed by atoms with Crippen LogP contribution in [-0.2, 0) is 11.3 Å². The Labute approximate surface area is 114 Å². The number of rotatable bonds is 5. The Morgan fingerprint density at radius 1 is 1.32 bits per heavy atom. The molecule has 0 saturated carbocycles. The molecule has 0 radical (unpaired) electrons. The quantitative estimate of drug-likeness (QED) is 0.831. The van der Waals surface area contributed by atoms with Gasteiger partial charge in [0.15, 0.2) is 0 Å². The Morgan fingerprint density at radius 2 is 2.11 bits per heavy atom. The molecule has 0 unspecified atom stereocenters. The molecule has 1 amide bonds. The van der Waals surface area contributed by atoms with Gasteiger partial charge in [-0.05, 0) is 18.7 Å².